The van der Waals surface area contributed by atoms with Crippen LogP contribution in [-0.4, -0.2) is 40.3 Å². The summed E-state index contributed by atoms with van der Waals surface area (Å²) in [6.07, 6.45) is 5.45. The predicted molar refractivity (Wildman–Crippen MR) is 108 cm³/mol. The first-order valence-electron chi connectivity index (χ1n) is 10.0. The van der Waals surface area contributed by atoms with Crippen LogP contribution in [0.1, 0.15) is 40.4 Å². The minimum atomic E-state index is 0.0294. The van der Waals surface area contributed by atoms with E-state index in [1.54, 1.807) is 6.20 Å². The Bertz CT molecular complexity index is 1020. The van der Waals surface area contributed by atoms with Gasteiger partial charge in [0, 0.05) is 12.7 Å². The van der Waals surface area contributed by atoms with Crippen molar-refractivity contribution in [3.8, 4) is 11.5 Å². The number of carbonyl (C=O) groups excluding carboxylic acids is 1. The monoisotopic (exact) mass is 389 g/mol. The molecule has 6 nitrogen and oxygen atoms in total. The van der Waals surface area contributed by atoms with Crippen molar-refractivity contribution in [2.45, 2.75) is 25.4 Å². The molecule has 5 rings (SSSR count). The van der Waals surface area contributed by atoms with Crippen LogP contribution in [0.5, 0.6) is 11.5 Å². The summed E-state index contributed by atoms with van der Waals surface area (Å²) in [7, 11) is 0. The number of likely N-dealkylation sites (tertiary alicyclic amines) is 1. The van der Waals surface area contributed by atoms with Gasteiger partial charge in [-0.15, -0.1) is 0 Å². The zero-order valence-corrected chi connectivity index (χ0v) is 16.2. The summed E-state index contributed by atoms with van der Waals surface area (Å²) in [4.78, 5) is 15.2. The van der Waals surface area contributed by atoms with Crippen molar-refractivity contribution in [1.29, 1.82) is 0 Å². The molecule has 0 radical (unpaired) electrons. The molecular formula is C23H23N3O3. The summed E-state index contributed by atoms with van der Waals surface area (Å²) in [6.45, 7) is 2.54. The molecule has 148 valence electrons. The van der Waals surface area contributed by atoms with E-state index >= 15 is 0 Å². The first-order valence-corrected chi connectivity index (χ1v) is 10.0. The van der Waals surface area contributed by atoms with Gasteiger partial charge in [0.2, 0.25) is 0 Å². The molecule has 1 aromatic heterocycles. The third-order valence-corrected chi connectivity index (χ3v) is 5.53. The van der Waals surface area contributed by atoms with Crippen LogP contribution in [0, 0.1) is 0 Å². The lowest BCUT2D eigenvalue weighted by Crippen LogP contribution is -2.30. The lowest BCUT2D eigenvalue weighted by molar-refractivity contribution is 0.0735. The minimum absolute atomic E-state index is 0.0294. The average molecular weight is 389 g/mol. The van der Waals surface area contributed by atoms with E-state index < -0.39 is 0 Å². The summed E-state index contributed by atoms with van der Waals surface area (Å²) in [5.41, 5.74) is 2.88. The zero-order chi connectivity index (χ0) is 19.6. The van der Waals surface area contributed by atoms with E-state index in [4.69, 9.17) is 9.47 Å². The lowest BCUT2D eigenvalue weighted by Gasteiger charge is -2.26. The van der Waals surface area contributed by atoms with Crippen LogP contribution in [0.25, 0.3) is 0 Å². The number of ether oxygens (including phenoxy) is 2. The second-order valence-electron chi connectivity index (χ2n) is 7.47. The summed E-state index contributed by atoms with van der Waals surface area (Å²) < 4.78 is 13.2. The van der Waals surface area contributed by atoms with E-state index in [1.165, 1.54) is 0 Å². The predicted octanol–water partition coefficient (Wildman–Crippen LogP) is 3.68. The molecule has 1 saturated heterocycles. The van der Waals surface area contributed by atoms with Gasteiger partial charge < -0.3 is 14.4 Å². The Morgan fingerprint density at radius 2 is 1.90 bits per heavy atom. The van der Waals surface area contributed by atoms with Crippen molar-refractivity contribution in [1.82, 2.24) is 14.7 Å². The highest BCUT2D eigenvalue weighted by Gasteiger charge is 2.32. The molecule has 3 heterocycles. The van der Waals surface area contributed by atoms with Crippen LogP contribution in [0.2, 0.25) is 0 Å². The molecule has 1 unspecified atom stereocenters. The van der Waals surface area contributed by atoms with Crippen molar-refractivity contribution in [3.05, 3.63) is 77.6 Å². The third-order valence-electron chi connectivity index (χ3n) is 5.53. The zero-order valence-electron chi connectivity index (χ0n) is 16.2. The highest BCUT2D eigenvalue weighted by Crippen LogP contribution is 2.38. The molecule has 2 aliphatic rings. The quantitative estimate of drug-likeness (QED) is 0.683. The molecule has 0 N–H and O–H groups in total. The second-order valence-corrected chi connectivity index (χ2v) is 7.47. The average Bonchev–Trinajstić information content (AvgIpc) is 3.43. The topological polar surface area (TPSA) is 56.6 Å². The number of hydrogen-bond acceptors (Lipinski definition) is 4. The summed E-state index contributed by atoms with van der Waals surface area (Å²) in [5.74, 6) is 1.57. The number of aromatic nitrogens is 2. The van der Waals surface area contributed by atoms with Gasteiger partial charge in [0.05, 0.1) is 24.3 Å². The summed E-state index contributed by atoms with van der Waals surface area (Å²) >= 11 is 0. The maximum atomic E-state index is 13.2. The summed E-state index contributed by atoms with van der Waals surface area (Å²) in [6, 6.07) is 16.2. The van der Waals surface area contributed by atoms with E-state index in [0.29, 0.717) is 25.3 Å². The van der Waals surface area contributed by atoms with E-state index in [1.807, 2.05) is 52.2 Å². The van der Waals surface area contributed by atoms with Crippen LogP contribution in [0.15, 0.2) is 60.9 Å². The van der Waals surface area contributed by atoms with Gasteiger partial charge in [-0.25, -0.2) is 0 Å². The molecule has 0 aliphatic carbocycles. The molecular weight excluding hydrogens is 366 g/mol. The van der Waals surface area contributed by atoms with Gasteiger partial charge in [-0.3, -0.25) is 9.48 Å². The second kappa shape index (κ2) is 7.62. The highest BCUT2D eigenvalue weighted by atomic mass is 16.6. The number of fused-ring (bicyclic) bond motifs is 1. The molecule has 2 aliphatic heterocycles. The fourth-order valence-corrected chi connectivity index (χ4v) is 4.12. The molecule has 6 heteroatoms. The maximum absolute atomic E-state index is 13.2. The van der Waals surface area contributed by atoms with Crippen molar-refractivity contribution in [3.63, 3.8) is 0 Å². The van der Waals surface area contributed by atoms with Crippen molar-refractivity contribution in [2.24, 2.45) is 0 Å². The fraction of sp³-hybridized carbons (Fsp3) is 0.304. The number of carbonyl (C=O) groups is 1. The van der Waals surface area contributed by atoms with E-state index in [0.717, 1.165) is 42.0 Å². The smallest absolute Gasteiger partial charge is 0.257 e. The van der Waals surface area contributed by atoms with E-state index in [2.05, 4.69) is 17.2 Å². The fourth-order valence-electron chi connectivity index (χ4n) is 4.12. The Morgan fingerprint density at radius 1 is 1.07 bits per heavy atom. The van der Waals surface area contributed by atoms with E-state index in [-0.39, 0.29) is 11.9 Å². The first kappa shape index (κ1) is 17.8. The Labute approximate surface area is 169 Å². The van der Waals surface area contributed by atoms with Crippen molar-refractivity contribution >= 4 is 5.91 Å². The van der Waals surface area contributed by atoms with Crippen LogP contribution in [0.3, 0.4) is 0 Å². The lowest BCUT2D eigenvalue weighted by atomic mass is 10.0. The largest absolute Gasteiger partial charge is 0.486 e. The van der Waals surface area contributed by atoms with Gasteiger partial charge in [0.1, 0.15) is 13.2 Å². The van der Waals surface area contributed by atoms with Crippen LogP contribution >= 0.6 is 0 Å². The number of amides is 1. The Kier molecular flexibility index (Phi) is 4.68. The molecule has 0 saturated carbocycles. The molecule has 0 spiro atoms. The SMILES string of the molecule is O=C(c1cnn(Cc2ccccc2)c1)N1CCCC1c1ccc2c(c1)OCCO2. The Balaban J connectivity index is 1.34. The van der Waals surface area contributed by atoms with Crippen LogP contribution in [0.4, 0.5) is 0 Å². The first-order chi connectivity index (χ1) is 14.3. The van der Waals surface area contributed by atoms with Gasteiger partial charge >= 0.3 is 0 Å². The Morgan fingerprint density at radius 3 is 2.76 bits per heavy atom. The van der Waals surface area contributed by atoms with Crippen LogP contribution < -0.4 is 9.47 Å². The standard InChI is InChI=1S/C23H23N3O3/c27-23(19-14-24-25(16-19)15-17-5-2-1-3-6-17)26-10-4-7-20(26)18-8-9-21-22(13-18)29-12-11-28-21/h1-3,5-6,8-9,13-14,16,20H,4,7,10-12,15H2. The third kappa shape index (κ3) is 3.58. The number of rotatable bonds is 4. The van der Waals surface area contributed by atoms with Crippen LogP contribution in [-0.2, 0) is 6.54 Å². The Hall–Kier alpha value is -3.28. The molecule has 0 bridgehead atoms. The normalized spacial score (nSPS) is 18.1. The minimum Gasteiger partial charge on any atom is -0.486 e. The molecule has 29 heavy (non-hydrogen) atoms. The molecule has 3 aromatic rings. The molecule has 2 aromatic carbocycles. The van der Waals surface area contributed by atoms with E-state index in [9.17, 15) is 4.79 Å². The highest BCUT2D eigenvalue weighted by molar-refractivity contribution is 5.94. The number of benzene rings is 2. The number of nitrogens with zero attached hydrogens (tertiary/aromatic N) is 3. The molecule has 1 fully saturated rings. The van der Waals surface area contributed by atoms with Gasteiger partial charge in [-0.2, -0.15) is 5.10 Å². The molecule has 1 atom stereocenters. The molecule has 1 amide bonds. The van der Waals surface area contributed by atoms with Gasteiger partial charge in [0.15, 0.2) is 11.5 Å². The van der Waals surface area contributed by atoms with Crippen molar-refractivity contribution in [2.75, 3.05) is 19.8 Å². The van der Waals surface area contributed by atoms with Crippen molar-refractivity contribution < 1.29 is 14.3 Å². The number of hydrogen-bond donors (Lipinski definition) is 0. The van der Waals surface area contributed by atoms with Gasteiger partial charge in [0.25, 0.3) is 5.91 Å². The van der Waals surface area contributed by atoms with Gasteiger partial charge in [-0.05, 0) is 36.1 Å². The van der Waals surface area contributed by atoms with Gasteiger partial charge in [-0.1, -0.05) is 36.4 Å². The maximum Gasteiger partial charge on any atom is 0.257 e. The summed E-state index contributed by atoms with van der Waals surface area (Å²) in [5, 5.41) is 4.39.